The normalized spacial score (nSPS) is 11.9. The Morgan fingerprint density at radius 3 is 3.00 bits per heavy atom. The number of hydrogen-bond donors (Lipinski definition) is 1. The van der Waals surface area contributed by atoms with Crippen LogP contribution < -0.4 is 10.5 Å². The van der Waals surface area contributed by atoms with E-state index >= 15 is 0 Å². The van der Waals surface area contributed by atoms with Gasteiger partial charge in [-0.1, -0.05) is 11.6 Å². The third kappa shape index (κ3) is 2.34. The van der Waals surface area contributed by atoms with Crippen molar-refractivity contribution in [2.24, 2.45) is 5.73 Å². The number of rotatable bonds is 3. The number of pyridine rings is 1. The molecule has 2 N–H and O–H groups in total. The molecule has 1 rings (SSSR count). The van der Waals surface area contributed by atoms with E-state index in [9.17, 15) is 0 Å². The first kappa shape index (κ1) is 10.8. The van der Waals surface area contributed by atoms with Crippen molar-refractivity contribution < 1.29 is 4.74 Å². The van der Waals surface area contributed by atoms with E-state index in [1.165, 1.54) is 7.11 Å². The molecule has 14 heavy (non-hydrogen) atoms. The van der Waals surface area contributed by atoms with E-state index < -0.39 is 0 Å². The second-order valence-corrected chi connectivity index (χ2v) is 3.14. The molecule has 5 heteroatoms. The van der Waals surface area contributed by atoms with Crippen LogP contribution in [0.3, 0.4) is 0 Å². The second kappa shape index (κ2) is 4.80. The standard InChI is InChI=1S/C9H10ClN3O/c1-14-9-7(10)4-6(5-13-9)8(12)2-3-11/h4-5,8H,2,12H2,1H3. The van der Waals surface area contributed by atoms with Crippen LogP contribution in [0.25, 0.3) is 0 Å². The predicted octanol–water partition coefficient (Wildman–Crippen LogP) is 1.66. The van der Waals surface area contributed by atoms with Crippen molar-refractivity contribution in [3.63, 3.8) is 0 Å². The molecule has 74 valence electrons. The summed E-state index contributed by atoms with van der Waals surface area (Å²) in [7, 11) is 1.49. The Morgan fingerprint density at radius 1 is 1.79 bits per heavy atom. The third-order valence-corrected chi connectivity index (χ3v) is 2.03. The maximum Gasteiger partial charge on any atom is 0.232 e. The molecule has 0 saturated carbocycles. The number of methoxy groups -OCH3 is 1. The van der Waals surface area contributed by atoms with Crippen molar-refractivity contribution in [1.82, 2.24) is 4.98 Å². The Morgan fingerprint density at radius 2 is 2.50 bits per heavy atom. The Hall–Kier alpha value is -1.31. The summed E-state index contributed by atoms with van der Waals surface area (Å²) < 4.78 is 4.89. The van der Waals surface area contributed by atoms with Gasteiger partial charge in [0.2, 0.25) is 5.88 Å². The molecule has 1 heterocycles. The van der Waals surface area contributed by atoms with Crippen LogP contribution in [0.4, 0.5) is 0 Å². The molecule has 0 radical (unpaired) electrons. The largest absolute Gasteiger partial charge is 0.480 e. The van der Waals surface area contributed by atoms with Gasteiger partial charge in [-0.2, -0.15) is 5.26 Å². The Labute approximate surface area is 87.3 Å². The van der Waals surface area contributed by atoms with Gasteiger partial charge >= 0.3 is 0 Å². The Balaban J connectivity index is 2.92. The summed E-state index contributed by atoms with van der Waals surface area (Å²) in [4.78, 5) is 3.96. The lowest BCUT2D eigenvalue weighted by molar-refractivity contribution is 0.397. The summed E-state index contributed by atoms with van der Waals surface area (Å²) in [6.07, 6.45) is 1.80. The molecule has 0 saturated heterocycles. The molecule has 1 atom stereocenters. The lowest BCUT2D eigenvalue weighted by Gasteiger charge is -2.08. The lowest BCUT2D eigenvalue weighted by Crippen LogP contribution is -2.09. The molecule has 0 aliphatic heterocycles. The molecule has 1 unspecified atom stereocenters. The quantitative estimate of drug-likeness (QED) is 0.825. The lowest BCUT2D eigenvalue weighted by atomic mass is 10.1. The fourth-order valence-corrected chi connectivity index (χ4v) is 1.26. The molecule has 0 amide bonds. The molecular weight excluding hydrogens is 202 g/mol. The van der Waals surface area contributed by atoms with Crippen LogP contribution in [0.1, 0.15) is 18.0 Å². The average molecular weight is 212 g/mol. The zero-order chi connectivity index (χ0) is 10.6. The van der Waals surface area contributed by atoms with Gasteiger partial charge in [0.1, 0.15) is 5.02 Å². The van der Waals surface area contributed by atoms with Crippen molar-refractivity contribution in [2.45, 2.75) is 12.5 Å². The monoisotopic (exact) mass is 211 g/mol. The van der Waals surface area contributed by atoms with Crippen molar-refractivity contribution in [3.8, 4) is 11.9 Å². The second-order valence-electron chi connectivity index (χ2n) is 2.73. The van der Waals surface area contributed by atoms with Crippen molar-refractivity contribution in [1.29, 1.82) is 5.26 Å². The summed E-state index contributed by atoms with van der Waals surface area (Å²) >= 11 is 5.85. The van der Waals surface area contributed by atoms with Crippen LogP contribution in [0.2, 0.25) is 5.02 Å². The third-order valence-electron chi connectivity index (χ3n) is 1.76. The molecule has 4 nitrogen and oxygen atoms in total. The highest BCUT2D eigenvalue weighted by Crippen LogP contribution is 2.24. The summed E-state index contributed by atoms with van der Waals surface area (Å²) in [6, 6.07) is 3.30. The van der Waals surface area contributed by atoms with Gasteiger partial charge in [-0.15, -0.1) is 0 Å². The summed E-state index contributed by atoms with van der Waals surface area (Å²) in [6.45, 7) is 0. The highest BCUT2D eigenvalue weighted by Gasteiger charge is 2.09. The number of hydrogen-bond acceptors (Lipinski definition) is 4. The number of ether oxygens (including phenoxy) is 1. The summed E-state index contributed by atoms with van der Waals surface area (Å²) in [5.41, 5.74) is 6.44. The number of halogens is 1. The van der Waals surface area contributed by atoms with Crippen LogP contribution in [-0.4, -0.2) is 12.1 Å². The van der Waals surface area contributed by atoms with Crippen LogP contribution in [0.15, 0.2) is 12.3 Å². The molecule has 0 aliphatic carbocycles. The first-order valence-electron chi connectivity index (χ1n) is 4.01. The van der Waals surface area contributed by atoms with Crippen molar-refractivity contribution in [2.75, 3.05) is 7.11 Å². The number of nitrogens with zero attached hydrogens (tertiary/aromatic N) is 2. The van der Waals surface area contributed by atoms with Crippen molar-refractivity contribution in [3.05, 3.63) is 22.8 Å². The Kier molecular flexibility index (Phi) is 3.69. The van der Waals surface area contributed by atoms with Crippen LogP contribution in [0.5, 0.6) is 5.88 Å². The molecule has 0 fully saturated rings. The smallest absolute Gasteiger partial charge is 0.232 e. The maximum absolute atomic E-state index is 8.46. The van der Waals surface area contributed by atoms with E-state index in [0.29, 0.717) is 10.9 Å². The first-order valence-corrected chi connectivity index (χ1v) is 4.38. The highest BCUT2D eigenvalue weighted by molar-refractivity contribution is 6.31. The van der Waals surface area contributed by atoms with Crippen molar-refractivity contribution >= 4 is 11.6 Å². The minimum absolute atomic E-state index is 0.240. The Bertz CT molecular complexity index is 362. The number of nitriles is 1. The van der Waals surface area contributed by atoms with Gasteiger partial charge in [-0.25, -0.2) is 4.98 Å². The maximum atomic E-state index is 8.46. The van der Waals surface area contributed by atoms with Gasteiger partial charge in [0.25, 0.3) is 0 Å². The van der Waals surface area contributed by atoms with Crippen LogP contribution >= 0.6 is 11.6 Å². The van der Waals surface area contributed by atoms with E-state index in [-0.39, 0.29) is 12.5 Å². The topological polar surface area (TPSA) is 71.9 Å². The summed E-state index contributed by atoms with van der Waals surface area (Å²) in [5.74, 6) is 0.361. The van der Waals surface area contributed by atoms with Gasteiger partial charge in [-0.3, -0.25) is 0 Å². The fourth-order valence-electron chi connectivity index (χ4n) is 1.01. The minimum Gasteiger partial charge on any atom is -0.480 e. The number of aromatic nitrogens is 1. The molecule has 0 spiro atoms. The van der Waals surface area contributed by atoms with Gasteiger partial charge in [0.15, 0.2) is 0 Å². The van der Waals surface area contributed by atoms with Gasteiger partial charge in [0, 0.05) is 12.2 Å². The SMILES string of the molecule is COc1ncc(C(N)CC#N)cc1Cl. The summed E-state index contributed by atoms with van der Waals surface area (Å²) in [5, 5.41) is 8.86. The zero-order valence-corrected chi connectivity index (χ0v) is 8.45. The highest BCUT2D eigenvalue weighted by atomic mass is 35.5. The minimum atomic E-state index is -0.351. The van der Waals surface area contributed by atoms with E-state index in [1.54, 1.807) is 12.3 Å². The molecular formula is C9H10ClN3O. The first-order chi connectivity index (χ1) is 6.69. The average Bonchev–Trinajstić information content (AvgIpc) is 2.18. The van der Waals surface area contributed by atoms with Crippen LogP contribution in [0, 0.1) is 11.3 Å². The van der Waals surface area contributed by atoms with E-state index in [0.717, 1.165) is 5.56 Å². The van der Waals surface area contributed by atoms with E-state index in [2.05, 4.69) is 4.98 Å². The molecule has 1 aromatic heterocycles. The fraction of sp³-hybridized carbons (Fsp3) is 0.333. The molecule has 0 bridgehead atoms. The molecule has 0 aromatic carbocycles. The zero-order valence-electron chi connectivity index (χ0n) is 7.70. The van der Waals surface area contributed by atoms with E-state index in [1.807, 2.05) is 6.07 Å². The van der Waals surface area contributed by atoms with Gasteiger partial charge in [0.05, 0.1) is 19.6 Å². The van der Waals surface area contributed by atoms with E-state index in [4.69, 9.17) is 27.3 Å². The van der Waals surface area contributed by atoms with Gasteiger partial charge in [-0.05, 0) is 11.6 Å². The molecule has 1 aromatic rings. The van der Waals surface area contributed by atoms with Gasteiger partial charge < -0.3 is 10.5 Å². The number of nitrogens with two attached hydrogens (primary N) is 1. The molecule has 0 aliphatic rings. The predicted molar refractivity (Wildman–Crippen MR) is 53.0 cm³/mol. The van der Waals surface area contributed by atoms with Crippen LogP contribution in [-0.2, 0) is 0 Å².